The Morgan fingerprint density at radius 1 is 1.00 bits per heavy atom. The fourth-order valence-corrected chi connectivity index (χ4v) is 1.38. The summed E-state index contributed by atoms with van der Waals surface area (Å²) in [4.78, 5) is 33.6. The van der Waals surface area contributed by atoms with Gasteiger partial charge in [0, 0.05) is 6.08 Å². The largest absolute Gasteiger partial charge is 0.480 e. The van der Waals surface area contributed by atoms with Crippen LogP contribution in [-0.4, -0.2) is 46.0 Å². The lowest BCUT2D eigenvalue weighted by atomic mass is 10.2. The molecule has 2 N–H and O–H groups in total. The summed E-state index contributed by atoms with van der Waals surface area (Å²) in [5.41, 5.74) is 0.765. The van der Waals surface area contributed by atoms with Crippen molar-refractivity contribution in [2.24, 2.45) is 0 Å². The Kier molecular flexibility index (Phi) is 5.28. The molecule has 0 aliphatic rings. The molecule has 1 aromatic carbocycles. The third-order valence-electron chi connectivity index (χ3n) is 2.18. The number of carboxylic acid groups (broad SMARTS) is 2. The molecule has 0 atom stereocenters. The SMILES string of the molecule is O=C(O)CN(CC(=O)O)C(=O)/C=C\c1ccccc1. The third-order valence-corrected chi connectivity index (χ3v) is 2.18. The van der Waals surface area contributed by atoms with Crippen LogP contribution in [-0.2, 0) is 14.4 Å². The van der Waals surface area contributed by atoms with Gasteiger partial charge in [-0.1, -0.05) is 30.3 Å². The zero-order valence-corrected chi connectivity index (χ0v) is 10.0. The molecule has 0 saturated heterocycles. The summed E-state index contributed by atoms with van der Waals surface area (Å²) >= 11 is 0. The van der Waals surface area contributed by atoms with E-state index in [4.69, 9.17) is 10.2 Å². The van der Waals surface area contributed by atoms with Gasteiger partial charge in [-0.05, 0) is 11.6 Å². The van der Waals surface area contributed by atoms with Gasteiger partial charge in [0.1, 0.15) is 13.1 Å². The number of carbonyl (C=O) groups is 3. The summed E-state index contributed by atoms with van der Waals surface area (Å²) in [5, 5.41) is 17.2. The average molecular weight is 263 g/mol. The van der Waals surface area contributed by atoms with Crippen LogP contribution in [0.5, 0.6) is 0 Å². The lowest BCUT2D eigenvalue weighted by Gasteiger charge is -2.16. The minimum atomic E-state index is -1.26. The van der Waals surface area contributed by atoms with Crippen molar-refractivity contribution in [1.29, 1.82) is 0 Å². The molecule has 0 unspecified atom stereocenters. The van der Waals surface area contributed by atoms with E-state index in [9.17, 15) is 14.4 Å². The molecule has 0 radical (unpaired) electrons. The molecule has 0 aliphatic carbocycles. The average Bonchev–Trinajstić information content (AvgIpc) is 2.35. The number of nitrogens with zero attached hydrogens (tertiary/aromatic N) is 1. The first-order valence-electron chi connectivity index (χ1n) is 5.44. The van der Waals surface area contributed by atoms with Crippen LogP contribution >= 0.6 is 0 Å². The van der Waals surface area contributed by atoms with Crippen molar-refractivity contribution in [3.63, 3.8) is 0 Å². The highest BCUT2D eigenvalue weighted by atomic mass is 16.4. The van der Waals surface area contributed by atoms with Crippen LogP contribution in [0.4, 0.5) is 0 Å². The van der Waals surface area contributed by atoms with Crippen LogP contribution in [0, 0.1) is 0 Å². The summed E-state index contributed by atoms with van der Waals surface area (Å²) in [6, 6.07) is 8.93. The van der Waals surface area contributed by atoms with Crippen LogP contribution in [0.3, 0.4) is 0 Å². The Balaban J connectivity index is 2.73. The fourth-order valence-electron chi connectivity index (χ4n) is 1.38. The number of carbonyl (C=O) groups excluding carboxylic acids is 1. The normalized spacial score (nSPS) is 10.3. The van der Waals surface area contributed by atoms with E-state index in [1.54, 1.807) is 24.3 Å². The van der Waals surface area contributed by atoms with Gasteiger partial charge in [0.05, 0.1) is 0 Å². The molecule has 0 saturated carbocycles. The number of aliphatic carboxylic acids is 2. The van der Waals surface area contributed by atoms with Gasteiger partial charge in [-0.25, -0.2) is 0 Å². The smallest absolute Gasteiger partial charge is 0.323 e. The summed E-state index contributed by atoms with van der Waals surface area (Å²) in [6.07, 6.45) is 2.65. The standard InChI is InChI=1S/C13H13NO5/c15-11(7-6-10-4-2-1-3-5-10)14(8-12(16)17)9-13(18)19/h1-7H,8-9H2,(H,16,17)(H,18,19)/b7-6-. The van der Waals surface area contributed by atoms with Crippen LogP contribution in [0.2, 0.25) is 0 Å². The second kappa shape index (κ2) is 6.95. The Hall–Kier alpha value is -2.63. The number of amides is 1. The molecular formula is C13H13NO5. The van der Waals surface area contributed by atoms with Gasteiger partial charge in [-0.15, -0.1) is 0 Å². The molecule has 0 bridgehead atoms. The lowest BCUT2D eigenvalue weighted by Crippen LogP contribution is -2.38. The predicted molar refractivity (Wildman–Crippen MR) is 67.3 cm³/mol. The van der Waals surface area contributed by atoms with Gasteiger partial charge >= 0.3 is 11.9 Å². The topological polar surface area (TPSA) is 94.9 Å². The summed E-state index contributed by atoms with van der Waals surface area (Å²) < 4.78 is 0. The first kappa shape index (κ1) is 14.4. The Morgan fingerprint density at radius 3 is 2.00 bits per heavy atom. The van der Waals surface area contributed by atoms with Crippen molar-refractivity contribution in [3.05, 3.63) is 42.0 Å². The lowest BCUT2D eigenvalue weighted by molar-refractivity contribution is -0.147. The van der Waals surface area contributed by atoms with Gasteiger partial charge in [0.25, 0.3) is 0 Å². The molecular weight excluding hydrogens is 250 g/mol. The number of benzene rings is 1. The number of hydrogen-bond donors (Lipinski definition) is 2. The number of carboxylic acids is 2. The maximum Gasteiger partial charge on any atom is 0.323 e. The maximum atomic E-state index is 11.7. The molecule has 1 aromatic rings. The third kappa shape index (κ3) is 5.49. The van der Waals surface area contributed by atoms with Crippen LogP contribution < -0.4 is 0 Å². The first-order chi connectivity index (χ1) is 8.99. The van der Waals surface area contributed by atoms with E-state index in [-0.39, 0.29) is 0 Å². The second-order valence-corrected chi connectivity index (χ2v) is 3.73. The zero-order chi connectivity index (χ0) is 14.3. The Labute approximate surface area is 109 Å². The molecule has 0 fully saturated rings. The molecule has 1 amide bonds. The highest BCUT2D eigenvalue weighted by Gasteiger charge is 2.17. The maximum absolute atomic E-state index is 11.7. The summed E-state index contributed by atoms with van der Waals surface area (Å²) in [5.74, 6) is -3.18. The van der Waals surface area contributed by atoms with E-state index >= 15 is 0 Å². The van der Waals surface area contributed by atoms with E-state index in [0.717, 1.165) is 16.5 Å². The van der Waals surface area contributed by atoms with Gasteiger partial charge in [-0.2, -0.15) is 0 Å². The van der Waals surface area contributed by atoms with Crippen molar-refractivity contribution in [1.82, 2.24) is 4.90 Å². The zero-order valence-electron chi connectivity index (χ0n) is 10.0. The van der Waals surface area contributed by atoms with E-state index in [2.05, 4.69) is 0 Å². The molecule has 0 spiro atoms. The van der Waals surface area contributed by atoms with Crippen LogP contribution in [0.25, 0.3) is 6.08 Å². The Morgan fingerprint density at radius 2 is 1.53 bits per heavy atom. The molecule has 6 nitrogen and oxygen atoms in total. The van der Waals surface area contributed by atoms with Crippen molar-refractivity contribution in [2.45, 2.75) is 0 Å². The van der Waals surface area contributed by atoms with E-state index < -0.39 is 30.9 Å². The molecule has 0 aliphatic heterocycles. The van der Waals surface area contributed by atoms with E-state index in [1.165, 1.54) is 6.08 Å². The number of hydrogen-bond acceptors (Lipinski definition) is 3. The van der Waals surface area contributed by atoms with Crippen LogP contribution in [0.1, 0.15) is 5.56 Å². The molecule has 0 aromatic heterocycles. The van der Waals surface area contributed by atoms with Crippen molar-refractivity contribution >= 4 is 23.9 Å². The molecule has 1 rings (SSSR count). The summed E-state index contributed by atoms with van der Waals surface area (Å²) in [6.45, 7) is -1.30. The molecule has 0 heterocycles. The quantitative estimate of drug-likeness (QED) is 0.736. The minimum Gasteiger partial charge on any atom is -0.480 e. The highest BCUT2D eigenvalue weighted by Crippen LogP contribution is 2.02. The van der Waals surface area contributed by atoms with Crippen molar-refractivity contribution in [3.8, 4) is 0 Å². The van der Waals surface area contributed by atoms with E-state index in [0.29, 0.717) is 0 Å². The van der Waals surface area contributed by atoms with Crippen LogP contribution in [0.15, 0.2) is 36.4 Å². The highest BCUT2D eigenvalue weighted by molar-refractivity contribution is 5.95. The molecule has 100 valence electrons. The van der Waals surface area contributed by atoms with Gasteiger partial charge < -0.3 is 15.1 Å². The van der Waals surface area contributed by atoms with Gasteiger partial charge in [0.15, 0.2) is 0 Å². The minimum absolute atomic E-state index is 0.649. The monoisotopic (exact) mass is 263 g/mol. The van der Waals surface area contributed by atoms with Crippen molar-refractivity contribution in [2.75, 3.05) is 13.1 Å². The molecule has 6 heteroatoms. The Bertz CT molecular complexity index is 479. The fraction of sp³-hybridized carbons (Fsp3) is 0.154. The van der Waals surface area contributed by atoms with Gasteiger partial charge in [-0.3, -0.25) is 14.4 Å². The van der Waals surface area contributed by atoms with Crippen molar-refractivity contribution < 1.29 is 24.6 Å². The number of rotatable bonds is 6. The van der Waals surface area contributed by atoms with Gasteiger partial charge in [0.2, 0.25) is 5.91 Å². The summed E-state index contributed by atoms with van der Waals surface area (Å²) in [7, 11) is 0. The molecule has 19 heavy (non-hydrogen) atoms. The van der Waals surface area contributed by atoms with E-state index in [1.807, 2.05) is 6.07 Å². The second-order valence-electron chi connectivity index (χ2n) is 3.73. The predicted octanol–water partition coefficient (Wildman–Crippen LogP) is 0.698. The first-order valence-corrected chi connectivity index (χ1v) is 5.44.